The van der Waals surface area contributed by atoms with Gasteiger partial charge >= 0.3 is 0 Å². The SMILES string of the molecule is COc1ccccc1N1C[C@H](CO)[C@@H](Cl)C1=O. The summed E-state index contributed by atoms with van der Waals surface area (Å²) >= 11 is 5.98. The Balaban J connectivity index is 2.32. The van der Waals surface area contributed by atoms with E-state index in [0.29, 0.717) is 18.0 Å². The van der Waals surface area contributed by atoms with Gasteiger partial charge in [0.05, 0.1) is 12.8 Å². The number of halogens is 1. The van der Waals surface area contributed by atoms with E-state index in [1.165, 1.54) is 0 Å². The van der Waals surface area contributed by atoms with E-state index in [9.17, 15) is 4.79 Å². The zero-order valence-corrected chi connectivity index (χ0v) is 10.2. The van der Waals surface area contributed by atoms with Gasteiger partial charge in [-0.25, -0.2) is 0 Å². The first-order valence-electron chi connectivity index (χ1n) is 5.38. The fourth-order valence-corrected chi connectivity index (χ4v) is 2.26. The molecule has 1 aliphatic heterocycles. The molecule has 1 N–H and O–H groups in total. The van der Waals surface area contributed by atoms with Gasteiger partial charge in [0.15, 0.2) is 0 Å². The minimum absolute atomic E-state index is 0.0917. The Kier molecular flexibility index (Phi) is 3.54. The Morgan fingerprint density at radius 2 is 2.24 bits per heavy atom. The van der Waals surface area contributed by atoms with Crippen LogP contribution in [0.5, 0.6) is 5.75 Å². The third kappa shape index (κ3) is 2.10. The van der Waals surface area contributed by atoms with Crippen LogP contribution in [0.3, 0.4) is 0 Å². The van der Waals surface area contributed by atoms with Crippen LogP contribution in [-0.4, -0.2) is 36.7 Å². The van der Waals surface area contributed by atoms with Gasteiger partial charge in [0.1, 0.15) is 11.1 Å². The number of hydrogen-bond acceptors (Lipinski definition) is 3. The van der Waals surface area contributed by atoms with Gasteiger partial charge in [0.25, 0.3) is 0 Å². The number of carbonyl (C=O) groups excluding carboxylic acids is 1. The fourth-order valence-electron chi connectivity index (χ4n) is 1.99. The first-order chi connectivity index (χ1) is 8.19. The third-order valence-electron chi connectivity index (χ3n) is 2.94. The predicted octanol–water partition coefficient (Wildman–Crippen LogP) is 1.26. The number of aliphatic hydroxyl groups is 1. The van der Waals surface area contributed by atoms with E-state index in [4.69, 9.17) is 21.4 Å². The number of carbonyl (C=O) groups is 1. The molecule has 17 heavy (non-hydrogen) atoms. The summed E-state index contributed by atoms with van der Waals surface area (Å²) in [5.74, 6) is 0.215. The summed E-state index contributed by atoms with van der Waals surface area (Å²) in [4.78, 5) is 13.5. The number of methoxy groups -OCH3 is 1. The molecule has 1 amide bonds. The van der Waals surface area contributed by atoms with E-state index in [1.54, 1.807) is 24.1 Å². The maximum absolute atomic E-state index is 12.0. The molecule has 0 radical (unpaired) electrons. The van der Waals surface area contributed by atoms with E-state index in [1.807, 2.05) is 12.1 Å². The molecule has 0 aromatic heterocycles. The lowest BCUT2D eigenvalue weighted by molar-refractivity contribution is -0.117. The highest BCUT2D eigenvalue weighted by atomic mass is 35.5. The topological polar surface area (TPSA) is 49.8 Å². The molecule has 1 saturated heterocycles. The van der Waals surface area contributed by atoms with Crippen molar-refractivity contribution in [1.82, 2.24) is 0 Å². The van der Waals surface area contributed by atoms with Crippen LogP contribution in [0.4, 0.5) is 5.69 Å². The monoisotopic (exact) mass is 255 g/mol. The summed E-state index contributed by atoms with van der Waals surface area (Å²) in [5.41, 5.74) is 0.696. The van der Waals surface area contributed by atoms with Crippen molar-refractivity contribution in [1.29, 1.82) is 0 Å². The molecule has 4 nitrogen and oxygen atoms in total. The largest absolute Gasteiger partial charge is 0.495 e. The fraction of sp³-hybridized carbons (Fsp3) is 0.417. The van der Waals surface area contributed by atoms with Crippen molar-refractivity contribution in [3.8, 4) is 5.75 Å². The average molecular weight is 256 g/mol. The molecule has 0 bridgehead atoms. The van der Waals surface area contributed by atoms with Gasteiger partial charge in [0, 0.05) is 19.1 Å². The normalized spacial score (nSPS) is 24.2. The van der Waals surface area contributed by atoms with E-state index < -0.39 is 5.38 Å². The minimum Gasteiger partial charge on any atom is -0.495 e. The Bertz CT molecular complexity index is 424. The number of hydrogen-bond donors (Lipinski definition) is 1. The molecular weight excluding hydrogens is 242 g/mol. The highest BCUT2D eigenvalue weighted by Gasteiger charge is 2.40. The average Bonchev–Trinajstić information content (AvgIpc) is 2.66. The van der Waals surface area contributed by atoms with Gasteiger partial charge < -0.3 is 14.7 Å². The molecular formula is C12H14ClNO3. The molecule has 1 heterocycles. The maximum atomic E-state index is 12.0. The van der Waals surface area contributed by atoms with Crippen LogP contribution in [0.25, 0.3) is 0 Å². The van der Waals surface area contributed by atoms with Crippen LogP contribution < -0.4 is 9.64 Å². The summed E-state index contributed by atoms with van der Waals surface area (Å²) in [7, 11) is 1.56. The number of rotatable bonds is 3. The van der Waals surface area contributed by atoms with Crippen LogP contribution in [-0.2, 0) is 4.79 Å². The van der Waals surface area contributed by atoms with Gasteiger partial charge in [-0.1, -0.05) is 12.1 Å². The number of benzene rings is 1. The summed E-state index contributed by atoms with van der Waals surface area (Å²) in [6, 6.07) is 7.27. The lowest BCUT2D eigenvalue weighted by Crippen LogP contribution is -2.27. The summed E-state index contributed by atoms with van der Waals surface area (Å²) < 4.78 is 5.21. The molecule has 92 valence electrons. The summed E-state index contributed by atoms with van der Waals surface area (Å²) in [5, 5.41) is 8.49. The highest BCUT2D eigenvalue weighted by Crippen LogP contribution is 2.34. The minimum atomic E-state index is -0.662. The van der Waals surface area contributed by atoms with E-state index >= 15 is 0 Å². The van der Waals surface area contributed by atoms with Crippen molar-refractivity contribution in [3.05, 3.63) is 24.3 Å². The highest BCUT2D eigenvalue weighted by molar-refractivity contribution is 6.34. The van der Waals surface area contributed by atoms with Gasteiger partial charge in [0.2, 0.25) is 5.91 Å². The van der Waals surface area contributed by atoms with Crippen molar-refractivity contribution in [3.63, 3.8) is 0 Å². The molecule has 2 atom stereocenters. The Hall–Kier alpha value is -1.26. The molecule has 0 aliphatic carbocycles. The van der Waals surface area contributed by atoms with Crippen LogP contribution in [0.2, 0.25) is 0 Å². The van der Waals surface area contributed by atoms with E-state index in [-0.39, 0.29) is 18.4 Å². The molecule has 0 saturated carbocycles. The van der Waals surface area contributed by atoms with Crippen molar-refractivity contribution < 1.29 is 14.6 Å². The van der Waals surface area contributed by atoms with Crippen molar-refractivity contribution in [2.75, 3.05) is 25.2 Å². The summed E-state index contributed by atoms with van der Waals surface area (Å²) in [6.07, 6.45) is 0. The standard InChI is InChI=1S/C12H14ClNO3/c1-17-10-5-3-2-4-9(10)14-6-8(7-15)11(13)12(14)16/h2-5,8,11,15H,6-7H2,1H3/t8-,11-/m1/s1. The van der Waals surface area contributed by atoms with Gasteiger partial charge in [-0.2, -0.15) is 0 Å². The molecule has 0 unspecified atom stereocenters. The number of alkyl halides is 1. The molecule has 1 aromatic rings. The van der Waals surface area contributed by atoms with Gasteiger partial charge in [-0.3, -0.25) is 4.79 Å². The molecule has 1 fully saturated rings. The van der Waals surface area contributed by atoms with Gasteiger partial charge in [-0.15, -0.1) is 11.6 Å². The molecule has 2 rings (SSSR count). The first-order valence-corrected chi connectivity index (χ1v) is 5.82. The van der Waals surface area contributed by atoms with Crippen molar-refractivity contribution in [2.45, 2.75) is 5.38 Å². The second-order valence-corrected chi connectivity index (χ2v) is 4.44. The number of ether oxygens (including phenoxy) is 1. The number of nitrogens with zero attached hydrogens (tertiary/aromatic N) is 1. The predicted molar refractivity (Wildman–Crippen MR) is 65.6 cm³/mol. The zero-order chi connectivity index (χ0) is 12.4. The second kappa shape index (κ2) is 4.94. The number of para-hydroxylation sites is 2. The Morgan fingerprint density at radius 1 is 1.53 bits per heavy atom. The van der Waals surface area contributed by atoms with Crippen molar-refractivity contribution in [2.24, 2.45) is 5.92 Å². The summed E-state index contributed by atoms with van der Waals surface area (Å²) in [6.45, 7) is 0.329. The van der Waals surface area contributed by atoms with Crippen LogP contribution >= 0.6 is 11.6 Å². The van der Waals surface area contributed by atoms with Crippen molar-refractivity contribution >= 4 is 23.2 Å². The molecule has 0 spiro atoms. The van der Waals surface area contributed by atoms with E-state index in [2.05, 4.69) is 0 Å². The van der Waals surface area contributed by atoms with Crippen LogP contribution in [0.15, 0.2) is 24.3 Å². The zero-order valence-electron chi connectivity index (χ0n) is 9.47. The number of anilines is 1. The lowest BCUT2D eigenvalue weighted by Gasteiger charge is -2.19. The number of aliphatic hydroxyl groups excluding tert-OH is 1. The molecule has 1 aromatic carbocycles. The maximum Gasteiger partial charge on any atom is 0.245 e. The first kappa shape index (κ1) is 12.2. The smallest absolute Gasteiger partial charge is 0.245 e. The Morgan fingerprint density at radius 3 is 2.82 bits per heavy atom. The van der Waals surface area contributed by atoms with Gasteiger partial charge in [-0.05, 0) is 12.1 Å². The quantitative estimate of drug-likeness (QED) is 0.828. The Labute approximate surface area is 105 Å². The van der Waals surface area contributed by atoms with E-state index in [0.717, 1.165) is 0 Å². The molecule has 5 heteroatoms. The molecule has 1 aliphatic rings. The van der Waals surface area contributed by atoms with Crippen LogP contribution in [0.1, 0.15) is 0 Å². The third-order valence-corrected chi connectivity index (χ3v) is 3.49. The number of amides is 1. The lowest BCUT2D eigenvalue weighted by atomic mass is 10.1. The van der Waals surface area contributed by atoms with Crippen LogP contribution in [0, 0.1) is 5.92 Å². The second-order valence-electron chi connectivity index (χ2n) is 3.97.